The highest BCUT2D eigenvalue weighted by molar-refractivity contribution is 5.86. The van der Waals surface area contributed by atoms with Crippen LogP contribution in [0.25, 0.3) is 33.6 Å². The fraction of sp³-hybridized carbons (Fsp3) is 0.447. The molecule has 0 saturated carbocycles. The average Bonchev–Trinajstić information content (AvgIpc) is 3.92. The van der Waals surface area contributed by atoms with E-state index in [1.165, 1.54) is 7.11 Å². The Labute approximate surface area is 292 Å². The van der Waals surface area contributed by atoms with Crippen LogP contribution >= 0.6 is 0 Å². The van der Waals surface area contributed by atoms with Crippen LogP contribution in [0.3, 0.4) is 0 Å². The summed E-state index contributed by atoms with van der Waals surface area (Å²) in [4.78, 5) is 58.2. The number of ether oxygens (including phenoxy) is 2. The lowest BCUT2D eigenvalue weighted by atomic mass is 10.0. The minimum Gasteiger partial charge on any atom is -0.453 e. The number of benzene rings is 2. The molecule has 3 amide bonds. The highest BCUT2D eigenvalue weighted by Gasteiger charge is 2.43. The standard InChI is InChI=1S/C38H45N7O5/c1-38(2,3)50-37(48)44-20-6-9-31(44)33-39-21-29(41-33)25-14-10-23(11-15-25)24-12-16-26(17-13-24)30-22-40-34(42-30)32-19-18-27-7-5-8-28(35(46)45(27)32)43-36(47)49-4/h10-17,21-22,27-28,31-32H,5-9,18-20H2,1-4H3,(H,39,41)(H,40,42)(H,43,47)/t27-,28+,31+,32+/m1/s1. The zero-order chi connectivity index (χ0) is 35.0. The van der Waals surface area contributed by atoms with Crippen molar-refractivity contribution in [3.05, 3.63) is 72.6 Å². The molecular formula is C38H45N7O5. The number of nitrogens with zero attached hydrogens (tertiary/aromatic N) is 4. The maximum absolute atomic E-state index is 13.5. The summed E-state index contributed by atoms with van der Waals surface area (Å²) in [6, 6.07) is 16.0. The van der Waals surface area contributed by atoms with Crippen molar-refractivity contribution in [2.24, 2.45) is 0 Å². The summed E-state index contributed by atoms with van der Waals surface area (Å²) in [5.41, 5.74) is 5.43. The minimum absolute atomic E-state index is 0.0691. The molecular weight excluding hydrogens is 634 g/mol. The number of likely N-dealkylation sites (tertiary alicyclic amines) is 1. The normalized spacial score (nSPS) is 22.3. The average molecular weight is 680 g/mol. The van der Waals surface area contributed by atoms with E-state index in [2.05, 4.69) is 68.8 Å². The van der Waals surface area contributed by atoms with Crippen LogP contribution in [0.1, 0.15) is 89.4 Å². The number of H-pyrrole nitrogens is 2. The van der Waals surface area contributed by atoms with Gasteiger partial charge in [0.15, 0.2) is 0 Å². The van der Waals surface area contributed by atoms with E-state index in [1.807, 2.05) is 38.1 Å². The lowest BCUT2D eigenvalue weighted by molar-refractivity contribution is -0.135. The Kier molecular flexibility index (Phi) is 9.11. The number of carbonyl (C=O) groups excluding carboxylic acids is 3. The molecule has 3 fully saturated rings. The summed E-state index contributed by atoms with van der Waals surface area (Å²) >= 11 is 0. The molecule has 0 radical (unpaired) electrons. The van der Waals surface area contributed by atoms with E-state index in [0.717, 1.165) is 83.8 Å². The van der Waals surface area contributed by atoms with Gasteiger partial charge >= 0.3 is 12.2 Å². The molecule has 5 heterocycles. The lowest BCUT2D eigenvalue weighted by Gasteiger charge is -2.30. The van der Waals surface area contributed by atoms with Gasteiger partial charge in [-0.2, -0.15) is 0 Å². The maximum atomic E-state index is 13.5. The van der Waals surface area contributed by atoms with Gasteiger partial charge in [0, 0.05) is 12.6 Å². The highest BCUT2D eigenvalue weighted by Crippen LogP contribution is 2.40. The first-order valence-electron chi connectivity index (χ1n) is 17.6. The number of methoxy groups -OCH3 is 1. The first-order chi connectivity index (χ1) is 24.1. The van der Waals surface area contributed by atoms with Gasteiger partial charge in [0.1, 0.15) is 23.3 Å². The van der Waals surface area contributed by atoms with Gasteiger partial charge in [-0.15, -0.1) is 0 Å². The predicted molar refractivity (Wildman–Crippen MR) is 188 cm³/mol. The van der Waals surface area contributed by atoms with Crippen molar-refractivity contribution in [2.45, 2.75) is 95.5 Å². The Bertz CT molecular complexity index is 1840. The number of rotatable bonds is 6. The number of imidazole rings is 2. The number of alkyl carbamates (subject to hydrolysis) is 1. The third kappa shape index (κ3) is 6.83. The van der Waals surface area contributed by atoms with Crippen LogP contribution in [0.2, 0.25) is 0 Å². The SMILES string of the molecule is COC(=O)N[C@H]1CCC[C@@H]2CC[C@@H](c3ncc(-c4ccc(-c5ccc(-c6cnc([C@@H]7CCCN7C(=O)OC(C)(C)C)[nH]6)cc5)cc4)[nH]3)N2C1=O. The summed E-state index contributed by atoms with van der Waals surface area (Å²) < 4.78 is 10.4. The molecule has 0 aliphatic carbocycles. The highest BCUT2D eigenvalue weighted by atomic mass is 16.6. The van der Waals surface area contributed by atoms with Crippen LogP contribution in [0.4, 0.5) is 9.59 Å². The number of amides is 3. The Morgan fingerprint density at radius 2 is 1.36 bits per heavy atom. The van der Waals surface area contributed by atoms with Crippen molar-refractivity contribution < 1.29 is 23.9 Å². The fourth-order valence-electron chi connectivity index (χ4n) is 7.54. The van der Waals surface area contributed by atoms with Gasteiger partial charge in [-0.3, -0.25) is 9.69 Å². The largest absolute Gasteiger partial charge is 0.453 e. The van der Waals surface area contributed by atoms with Crippen molar-refractivity contribution in [3.63, 3.8) is 0 Å². The minimum atomic E-state index is -0.588. The van der Waals surface area contributed by atoms with Gasteiger partial charge in [-0.1, -0.05) is 48.5 Å². The second kappa shape index (κ2) is 13.6. The van der Waals surface area contributed by atoms with Gasteiger partial charge in [0.25, 0.3) is 0 Å². The molecule has 50 heavy (non-hydrogen) atoms. The van der Waals surface area contributed by atoms with Gasteiger partial charge in [-0.25, -0.2) is 19.6 Å². The molecule has 2 aromatic carbocycles. The van der Waals surface area contributed by atoms with Crippen molar-refractivity contribution in [1.29, 1.82) is 0 Å². The summed E-state index contributed by atoms with van der Waals surface area (Å²) in [5.74, 6) is 1.47. The zero-order valence-corrected chi connectivity index (χ0v) is 29.1. The fourth-order valence-corrected chi connectivity index (χ4v) is 7.54. The van der Waals surface area contributed by atoms with Crippen LogP contribution in [0.5, 0.6) is 0 Å². The van der Waals surface area contributed by atoms with Crippen molar-refractivity contribution in [3.8, 4) is 33.6 Å². The molecule has 0 bridgehead atoms. The van der Waals surface area contributed by atoms with Gasteiger partial charge in [-0.05, 0) is 88.0 Å². The molecule has 3 saturated heterocycles. The van der Waals surface area contributed by atoms with E-state index in [0.29, 0.717) is 13.0 Å². The van der Waals surface area contributed by atoms with Crippen molar-refractivity contribution in [2.75, 3.05) is 13.7 Å². The molecule has 2 aromatic heterocycles. The quantitative estimate of drug-likeness (QED) is 0.196. The Balaban J connectivity index is 1.01. The third-order valence-corrected chi connectivity index (χ3v) is 9.99. The molecule has 12 nitrogen and oxygen atoms in total. The summed E-state index contributed by atoms with van der Waals surface area (Å²) in [5, 5.41) is 2.72. The number of hydrogen-bond acceptors (Lipinski definition) is 7. The predicted octanol–water partition coefficient (Wildman–Crippen LogP) is 7.15. The van der Waals surface area contributed by atoms with Crippen LogP contribution < -0.4 is 5.32 Å². The summed E-state index contributed by atoms with van der Waals surface area (Å²) in [7, 11) is 1.31. The van der Waals surface area contributed by atoms with E-state index in [1.54, 1.807) is 4.90 Å². The van der Waals surface area contributed by atoms with Gasteiger partial charge in [0.05, 0.1) is 43.0 Å². The Morgan fingerprint density at radius 3 is 1.94 bits per heavy atom. The van der Waals surface area contributed by atoms with Crippen LogP contribution in [-0.4, -0.2) is 79.2 Å². The second-order valence-corrected chi connectivity index (χ2v) is 14.5. The molecule has 4 atom stereocenters. The zero-order valence-electron chi connectivity index (χ0n) is 29.1. The van der Waals surface area contributed by atoms with E-state index in [-0.39, 0.29) is 30.1 Å². The molecule has 4 aromatic rings. The topological polar surface area (TPSA) is 146 Å². The van der Waals surface area contributed by atoms with Gasteiger partial charge < -0.3 is 29.7 Å². The molecule has 262 valence electrons. The van der Waals surface area contributed by atoms with Gasteiger partial charge in [0.2, 0.25) is 5.91 Å². The van der Waals surface area contributed by atoms with E-state index >= 15 is 0 Å². The smallest absolute Gasteiger partial charge is 0.410 e. The van der Waals surface area contributed by atoms with Crippen LogP contribution in [-0.2, 0) is 14.3 Å². The number of hydrogen-bond donors (Lipinski definition) is 3. The van der Waals surface area contributed by atoms with Crippen molar-refractivity contribution >= 4 is 18.1 Å². The Morgan fingerprint density at radius 1 is 0.780 bits per heavy atom. The first kappa shape index (κ1) is 33.4. The van der Waals surface area contributed by atoms with E-state index < -0.39 is 17.7 Å². The monoisotopic (exact) mass is 679 g/mol. The third-order valence-electron chi connectivity index (χ3n) is 9.99. The van der Waals surface area contributed by atoms with Crippen molar-refractivity contribution in [1.82, 2.24) is 35.1 Å². The number of aromatic nitrogens is 4. The van der Waals surface area contributed by atoms with Crippen LogP contribution in [0, 0.1) is 0 Å². The lowest BCUT2D eigenvalue weighted by Crippen LogP contribution is -2.49. The Hall–Kier alpha value is -5.13. The maximum Gasteiger partial charge on any atom is 0.410 e. The molecule has 3 aliphatic heterocycles. The molecule has 7 rings (SSSR count). The summed E-state index contributed by atoms with van der Waals surface area (Å²) in [6.45, 7) is 6.29. The molecule has 3 aliphatic rings. The molecule has 0 spiro atoms. The second-order valence-electron chi connectivity index (χ2n) is 14.5. The number of nitrogens with one attached hydrogen (secondary N) is 3. The molecule has 12 heteroatoms. The van der Waals surface area contributed by atoms with E-state index in [9.17, 15) is 14.4 Å². The molecule has 0 unspecified atom stereocenters. The first-order valence-corrected chi connectivity index (χ1v) is 17.6. The van der Waals surface area contributed by atoms with Crippen LogP contribution in [0.15, 0.2) is 60.9 Å². The molecule has 3 N–H and O–H groups in total. The number of fused-ring (bicyclic) bond motifs is 1. The number of aromatic amines is 2. The summed E-state index contributed by atoms with van der Waals surface area (Å²) in [6.07, 6.45) is 8.65. The van der Waals surface area contributed by atoms with E-state index in [4.69, 9.17) is 14.5 Å². The number of carbonyl (C=O) groups is 3.